The summed E-state index contributed by atoms with van der Waals surface area (Å²) in [5, 5.41) is 0. The number of nitrogens with two attached hydrogens (primary N) is 1. The van der Waals surface area contributed by atoms with Crippen LogP contribution in [0.5, 0.6) is 5.75 Å². The van der Waals surface area contributed by atoms with Crippen LogP contribution in [0, 0.1) is 0 Å². The third-order valence-electron chi connectivity index (χ3n) is 3.57. The number of hydrogen-bond acceptors (Lipinski definition) is 4. The van der Waals surface area contributed by atoms with Crippen LogP contribution in [0.4, 0.5) is 13.2 Å². The molecule has 128 valence electrons. The van der Waals surface area contributed by atoms with Crippen molar-refractivity contribution in [2.75, 3.05) is 13.6 Å². The summed E-state index contributed by atoms with van der Waals surface area (Å²) in [5.74, 6) is -0.515. The second kappa shape index (κ2) is 7.18. The van der Waals surface area contributed by atoms with Gasteiger partial charge in [0.05, 0.1) is 6.10 Å². The fourth-order valence-electron chi connectivity index (χ4n) is 2.50. The molecule has 2 rings (SSSR count). The highest BCUT2D eigenvalue weighted by molar-refractivity contribution is 5.81. The number of rotatable bonds is 5. The van der Waals surface area contributed by atoms with Crippen molar-refractivity contribution in [2.45, 2.75) is 38.0 Å². The molecule has 1 amide bonds. The normalized spacial score (nSPS) is 21.3. The quantitative estimate of drug-likeness (QED) is 0.896. The first-order valence-corrected chi connectivity index (χ1v) is 7.23. The molecule has 1 heterocycles. The van der Waals surface area contributed by atoms with Crippen molar-refractivity contribution in [3.63, 3.8) is 0 Å². The lowest BCUT2D eigenvalue weighted by atomic mass is 10.1. The van der Waals surface area contributed by atoms with Crippen LogP contribution in [0.1, 0.15) is 18.4 Å². The number of carbonyl (C=O) groups is 1. The van der Waals surface area contributed by atoms with Crippen LogP contribution in [-0.4, -0.2) is 43.0 Å². The predicted octanol–water partition coefficient (Wildman–Crippen LogP) is 2.05. The molecule has 1 aliphatic heterocycles. The lowest BCUT2D eigenvalue weighted by Crippen LogP contribution is -2.36. The third kappa shape index (κ3) is 5.11. The number of carbonyl (C=O) groups excluding carboxylic acids is 1. The zero-order valence-electron chi connectivity index (χ0n) is 12.7. The molecule has 0 saturated carbocycles. The Morgan fingerprint density at radius 3 is 2.78 bits per heavy atom. The van der Waals surface area contributed by atoms with Crippen molar-refractivity contribution in [3.8, 4) is 5.75 Å². The van der Waals surface area contributed by atoms with Crippen molar-refractivity contribution >= 4 is 5.91 Å². The van der Waals surface area contributed by atoms with Gasteiger partial charge in [-0.15, -0.1) is 13.2 Å². The van der Waals surface area contributed by atoms with Crippen LogP contribution in [0.15, 0.2) is 24.3 Å². The van der Waals surface area contributed by atoms with Crippen LogP contribution in [0.2, 0.25) is 0 Å². The zero-order chi connectivity index (χ0) is 17.0. The van der Waals surface area contributed by atoms with Crippen LogP contribution < -0.4 is 10.5 Å². The lowest BCUT2D eigenvalue weighted by Gasteiger charge is -2.21. The van der Waals surface area contributed by atoms with Gasteiger partial charge in [-0.3, -0.25) is 4.79 Å². The Labute approximate surface area is 132 Å². The summed E-state index contributed by atoms with van der Waals surface area (Å²) >= 11 is 0. The molecule has 0 radical (unpaired) electrons. The molecule has 1 aliphatic rings. The maximum Gasteiger partial charge on any atom is 0.573 e. The number of amides is 1. The zero-order valence-corrected chi connectivity index (χ0v) is 12.7. The summed E-state index contributed by atoms with van der Waals surface area (Å²) in [6, 6.07) is 5.55. The Kier molecular flexibility index (Phi) is 5.48. The number of ether oxygens (including phenoxy) is 2. The predicted molar refractivity (Wildman–Crippen MR) is 76.5 cm³/mol. The molecule has 1 aromatic carbocycles. The largest absolute Gasteiger partial charge is 0.573 e. The van der Waals surface area contributed by atoms with E-state index in [4.69, 9.17) is 10.5 Å². The van der Waals surface area contributed by atoms with E-state index >= 15 is 0 Å². The highest BCUT2D eigenvalue weighted by atomic mass is 19.4. The van der Waals surface area contributed by atoms with E-state index in [-0.39, 0.29) is 24.3 Å². The molecule has 2 atom stereocenters. The Morgan fingerprint density at radius 2 is 2.17 bits per heavy atom. The van der Waals surface area contributed by atoms with Gasteiger partial charge in [-0.1, -0.05) is 12.1 Å². The molecule has 1 aromatic rings. The molecular formula is C15H19F3N2O3. The molecule has 0 spiro atoms. The molecule has 5 nitrogen and oxygen atoms in total. The van der Waals surface area contributed by atoms with Crippen molar-refractivity contribution in [3.05, 3.63) is 29.8 Å². The SMILES string of the molecule is CN(Cc1cccc(OC(F)(F)F)c1)C(=O)[C@@H]1CC[C@H](CN)O1. The average Bonchev–Trinajstić information content (AvgIpc) is 2.93. The van der Waals surface area contributed by atoms with E-state index in [1.807, 2.05) is 0 Å². The summed E-state index contributed by atoms with van der Waals surface area (Å²) in [6.07, 6.45) is -4.06. The van der Waals surface area contributed by atoms with Gasteiger partial charge < -0.3 is 20.1 Å². The topological polar surface area (TPSA) is 64.8 Å². The molecule has 1 fully saturated rings. The van der Waals surface area contributed by atoms with Gasteiger partial charge in [0, 0.05) is 20.1 Å². The standard InChI is InChI=1S/C15H19F3N2O3/c1-20(14(21)13-6-5-12(8-19)22-13)9-10-3-2-4-11(7-10)23-15(16,17)18/h2-4,7,12-13H,5-6,8-9,19H2,1H3/t12-,13+/m1/s1. The van der Waals surface area contributed by atoms with E-state index < -0.39 is 12.5 Å². The molecule has 0 aliphatic carbocycles. The first-order valence-electron chi connectivity index (χ1n) is 7.23. The molecule has 0 bridgehead atoms. The second-order valence-corrected chi connectivity index (χ2v) is 5.45. The average molecular weight is 332 g/mol. The second-order valence-electron chi connectivity index (χ2n) is 5.45. The van der Waals surface area contributed by atoms with Gasteiger partial charge in [0.2, 0.25) is 0 Å². The van der Waals surface area contributed by atoms with Gasteiger partial charge in [-0.25, -0.2) is 0 Å². The summed E-state index contributed by atoms with van der Waals surface area (Å²) < 4.78 is 46.1. The maximum atomic E-state index is 12.3. The van der Waals surface area contributed by atoms with Gasteiger partial charge in [0.15, 0.2) is 0 Å². The highest BCUT2D eigenvalue weighted by Crippen LogP contribution is 2.24. The minimum absolute atomic E-state index is 0.110. The molecule has 23 heavy (non-hydrogen) atoms. The van der Waals surface area contributed by atoms with E-state index in [9.17, 15) is 18.0 Å². The van der Waals surface area contributed by atoms with Gasteiger partial charge in [-0.2, -0.15) is 0 Å². The van der Waals surface area contributed by atoms with E-state index in [0.29, 0.717) is 18.5 Å². The number of benzene rings is 1. The van der Waals surface area contributed by atoms with Crippen LogP contribution >= 0.6 is 0 Å². The van der Waals surface area contributed by atoms with Crippen molar-refractivity contribution in [2.24, 2.45) is 5.73 Å². The van der Waals surface area contributed by atoms with Crippen LogP contribution in [0.25, 0.3) is 0 Å². The Morgan fingerprint density at radius 1 is 1.43 bits per heavy atom. The summed E-state index contributed by atoms with van der Waals surface area (Å²) in [7, 11) is 1.58. The Balaban J connectivity index is 1.96. The fraction of sp³-hybridized carbons (Fsp3) is 0.533. The molecule has 8 heteroatoms. The van der Waals surface area contributed by atoms with Crippen LogP contribution in [-0.2, 0) is 16.1 Å². The Hall–Kier alpha value is -1.80. The van der Waals surface area contributed by atoms with E-state index in [2.05, 4.69) is 4.74 Å². The maximum absolute atomic E-state index is 12.3. The minimum atomic E-state index is -4.74. The Bertz CT molecular complexity index is 551. The number of halogens is 3. The number of nitrogens with zero attached hydrogens (tertiary/aromatic N) is 1. The molecule has 0 unspecified atom stereocenters. The minimum Gasteiger partial charge on any atom is -0.406 e. The van der Waals surface area contributed by atoms with E-state index in [1.54, 1.807) is 13.1 Å². The summed E-state index contributed by atoms with van der Waals surface area (Å²) in [5.41, 5.74) is 6.05. The number of alkyl halides is 3. The number of hydrogen-bond donors (Lipinski definition) is 1. The van der Waals surface area contributed by atoms with Gasteiger partial charge in [0.25, 0.3) is 5.91 Å². The summed E-state index contributed by atoms with van der Waals surface area (Å²) in [6.45, 7) is 0.533. The van der Waals surface area contributed by atoms with E-state index in [0.717, 1.165) is 6.42 Å². The monoisotopic (exact) mass is 332 g/mol. The van der Waals surface area contributed by atoms with Crippen LogP contribution in [0.3, 0.4) is 0 Å². The highest BCUT2D eigenvalue weighted by Gasteiger charge is 2.32. The van der Waals surface area contributed by atoms with Gasteiger partial charge >= 0.3 is 6.36 Å². The molecule has 0 aromatic heterocycles. The molecule has 1 saturated heterocycles. The third-order valence-corrected chi connectivity index (χ3v) is 3.57. The molecule has 2 N–H and O–H groups in total. The first kappa shape index (κ1) is 17.6. The molecular weight excluding hydrogens is 313 g/mol. The van der Waals surface area contributed by atoms with Crippen molar-refractivity contribution < 1.29 is 27.4 Å². The lowest BCUT2D eigenvalue weighted by molar-refractivity contribution is -0.274. The van der Waals surface area contributed by atoms with Crippen molar-refractivity contribution in [1.82, 2.24) is 4.90 Å². The van der Waals surface area contributed by atoms with Crippen molar-refractivity contribution in [1.29, 1.82) is 0 Å². The fourth-order valence-corrected chi connectivity index (χ4v) is 2.50. The smallest absolute Gasteiger partial charge is 0.406 e. The first-order chi connectivity index (χ1) is 10.8. The summed E-state index contributed by atoms with van der Waals surface area (Å²) in [4.78, 5) is 13.7. The van der Waals surface area contributed by atoms with E-state index in [1.165, 1.54) is 23.1 Å². The number of likely N-dealkylation sites (N-methyl/N-ethyl adjacent to an activating group) is 1. The van der Waals surface area contributed by atoms with Gasteiger partial charge in [0.1, 0.15) is 11.9 Å². The van der Waals surface area contributed by atoms with Gasteiger partial charge in [-0.05, 0) is 30.5 Å².